The third-order valence-corrected chi connectivity index (χ3v) is 8.25. The molecule has 2 aromatic rings. The minimum absolute atomic E-state index is 0.0559. The van der Waals surface area contributed by atoms with Crippen LogP contribution in [0.4, 0.5) is 4.79 Å². The normalized spacial score (nSPS) is 29.9. The van der Waals surface area contributed by atoms with Gasteiger partial charge in [0.1, 0.15) is 11.9 Å². The van der Waals surface area contributed by atoms with Crippen LogP contribution < -0.4 is 4.74 Å². The van der Waals surface area contributed by atoms with Gasteiger partial charge in [0.05, 0.1) is 17.7 Å². The molecule has 5 nitrogen and oxygen atoms in total. The van der Waals surface area contributed by atoms with Crippen molar-refractivity contribution in [1.29, 1.82) is 0 Å². The van der Waals surface area contributed by atoms with Gasteiger partial charge in [-0.25, -0.2) is 4.79 Å². The minimum Gasteiger partial charge on any atom is -0.490 e. The highest BCUT2D eigenvalue weighted by atomic mass is 16.6. The average Bonchev–Trinajstić information content (AvgIpc) is 3.65. The molecule has 0 unspecified atom stereocenters. The fourth-order valence-electron chi connectivity index (χ4n) is 6.18. The molecule has 174 valence electrons. The fourth-order valence-corrected chi connectivity index (χ4v) is 6.18. The van der Waals surface area contributed by atoms with Crippen molar-refractivity contribution in [3.8, 4) is 5.75 Å². The molecule has 3 saturated heterocycles. The molecule has 0 radical (unpaired) electrons. The predicted molar refractivity (Wildman–Crippen MR) is 127 cm³/mol. The van der Waals surface area contributed by atoms with E-state index in [9.17, 15) is 4.79 Å². The number of carbonyl (C=O) groups excluding carboxylic acids is 1. The number of amides is 1. The van der Waals surface area contributed by atoms with Crippen molar-refractivity contribution < 1.29 is 14.3 Å². The van der Waals surface area contributed by atoms with Crippen LogP contribution in [0.5, 0.6) is 5.75 Å². The molecule has 1 saturated carbocycles. The lowest BCUT2D eigenvalue weighted by atomic mass is 9.74. The van der Waals surface area contributed by atoms with Crippen LogP contribution in [-0.2, 0) is 11.2 Å². The second-order valence-corrected chi connectivity index (χ2v) is 10.7. The molecule has 2 atom stereocenters. The monoisotopic (exact) mass is 446 g/mol. The van der Waals surface area contributed by atoms with Gasteiger partial charge in [0.25, 0.3) is 0 Å². The summed E-state index contributed by atoms with van der Waals surface area (Å²) in [4.78, 5) is 18.1. The predicted octanol–water partition coefficient (Wildman–Crippen LogP) is 5.18. The van der Waals surface area contributed by atoms with E-state index in [-0.39, 0.29) is 23.8 Å². The minimum atomic E-state index is -0.181. The molecule has 0 N–H and O–H groups in total. The van der Waals surface area contributed by atoms with Crippen LogP contribution >= 0.6 is 0 Å². The van der Waals surface area contributed by atoms with Crippen molar-refractivity contribution in [3.05, 3.63) is 65.2 Å². The number of carbonyl (C=O) groups is 1. The summed E-state index contributed by atoms with van der Waals surface area (Å²) >= 11 is 0. The Morgan fingerprint density at radius 1 is 0.939 bits per heavy atom. The molecule has 2 aromatic carbocycles. The molecule has 33 heavy (non-hydrogen) atoms. The summed E-state index contributed by atoms with van der Waals surface area (Å²) < 4.78 is 12.3. The van der Waals surface area contributed by atoms with Crippen LogP contribution in [-0.4, -0.2) is 53.3 Å². The molecule has 1 aliphatic carbocycles. The highest BCUT2D eigenvalue weighted by Crippen LogP contribution is 2.42. The van der Waals surface area contributed by atoms with E-state index in [1.54, 1.807) is 0 Å². The summed E-state index contributed by atoms with van der Waals surface area (Å²) in [6.45, 7) is 7.36. The van der Waals surface area contributed by atoms with E-state index in [1.165, 1.54) is 11.1 Å². The Kier molecular flexibility index (Phi) is 5.13. The SMILES string of the molecule is CC1(C)[C@@H](OC(=O)N2CCc3ccccc3[C@@H]2c2ccc(OC3CC3)cc2)C2CCN1CC2. The molecular weight excluding hydrogens is 412 g/mol. The molecule has 5 aliphatic rings. The zero-order valence-electron chi connectivity index (χ0n) is 19.7. The molecule has 5 heteroatoms. The van der Waals surface area contributed by atoms with E-state index in [0.29, 0.717) is 18.6 Å². The lowest BCUT2D eigenvalue weighted by Crippen LogP contribution is -2.65. The van der Waals surface area contributed by atoms with E-state index in [2.05, 4.69) is 55.1 Å². The van der Waals surface area contributed by atoms with Gasteiger partial charge in [-0.3, -0.25) is 9.80 Å². The molecule has 1 amide bonds. The zero-order valence-corrected chi connectivity index (χ0v) is 19.7. The summed E-state index contributed by atoms with van der Waals surface area (Å²) in [5, 5.41) is 0. The maximum Gasteiger partial charge on any atom is 0.410 e. The van der Waals surface area contributed by atoms with Gasteiger partial charge in [0.2, 0.25) is 0 Å². The van der Waals surface area contributed by atoms with Gasteiger partial charge in [0.15, 0.2) is 0 Å². The van der Waals surface area contributed by atoms with Crippen LogP contribution in [0, 0.1) is 5.92 Å². The van der Waals surface area contributed by atoms with Gasteiger partial charge in [-0.05, 0) is 87.9 Å². The number of hydrogen-bond donors (Lipinski definition) is 0. The van der Waals surface area contributed by atoms with Crippen LogP contribution in [0.25, 0.3) is 0 Å². The Morgan fingerprint density at radius 2 is 1.67 bits per heavy atom. The van der Waals surface area contributed by atoms with Crippen LogP contribution in [0.2, 0.25) is 0 Å². The number of fused-ring (bicyclic) bond motifs is 4. The van der Waals surface area contributed by atoms with Crippen LogP contribution in [0.15, 0.2) is 48.5 Å². The number of ether oxygens (including phenoxy) is 2. The molecule has 2 bridgehead atoms. The maximum atomic E-state index is 13.7. The number of nitrogens with zero attached hydrogens (tertiary/aromatic N) is 2. The van der Waals surface area contributed by atoms with E-state index in [1.807, 2.05) is 17.0 Å². The van der Waals surface area contributed by atoms with Crippen molar-refractivity contribution in [2.24, 2.45) is 5.92 Å². The highest BCUT2D eigenvalue weighted by Gasteiger charge is 2.50. The van der Waals surface area contributed by atoms with Gasteiger partial charge < -0.3 is 9.47 Å². The number of rotatable bonds is 4. The molecule has 4 aliphatic heterocycles. The number of piperidine rings is 3. The first-order chi connectivity index (χ1) is 16.0. The standard InChI is InChI=1S/C28H34N2O3/c1-28(2)26(21-13-16-29(28)17-14-21)33-27(31)30-18-15-19-5-3-4-6-24(19)25(30)20-7-9-22(10-8-20)32-23-11-12-23/h3-10,21,23,25-26H,11-18H2,1-2H3/t25-,26-/m0/s1. The first-order valence-corrected chi connectivity index (χ1v) is 12.6. The second-order valence-electron chi connectivity index (χ2n) is 10.7. The molecule has 0 spiro atoms. The molecule has 4 fully saturated rings. The van der Waals surface area contributed by atoms with Crippen molar-refractivity contribution in [1.82, 2.24) is 9.80 Å². The fraction of sp³-hybridized carbons (Fsp3) is 0.536. The first kappa shape index (κ1) is 21.0. The van der Waals surface area contributed by atoms with Crippen molar-refractivity contribution >= 4 is 6.09 Å². The van der Waals surface area contributed by atoms with Crippen LogP contribution in [0.3, 0.4) is 0 Å². The largest absolute Gasteiger partial charge is 0.490 e. The summed E-state index contributed by atoms with van der Waals surface area (Å²) in [6, 6.07) is 16.7. The summed E-state index contributed by atoms with van der Waals surface area (Å²) in [7, 11) is 0. The van der Waals surface area contributed by atoms with Gasteiger partial charge in [-0.1, -0.05) is 36.4 Å². The van der Waals surface area contributed by atoms with Gasteiger partial charge in [0, 0.05) is 12.5 Å². The Hall–Kier alpha value is -2.53. The van der Waals surface area contributed by atoms with Gasteiger partial charge in [-0.2, -0.15) is 0 Å². The Balaban J connectivity index is 1.29. The van der Waals surface area contributed by atoms with Crippen molar-refractivity contribution in [2.45, 2.75) is 69.7 Å². The van der Waals surface area contributed by atoms with E-state index >= 15 is 0 Å². The Labute approximate surface area is 196 Å². The quantitative estimate of drug-likeness (QED) is 0.649. The third kappa shape index (κ3) is 3.80. The molecule has 4 heterocycles. The Morgan fingerprint density at radius 3 is 2.36 bits per heavy atom. The summed E-state index contributed by atoms with van der Waals surface area (Å²) in [5.74, 6) is 1.37. The zero-order chi connectivity index (χ0) is 22.6. The molecule has 7 rings (SSSR count). The van der Waals surface area contributed by atoms with Gasteiger partial charge in [-0.15, -0.1) is 0 Å². The third-order valence-electron chi connectivity index (χ3n) is 8.25. The van der Waals surface area contributed by atoms with Crippen molar-refractivity contribution in [2.75, 3.05) is 19.6 Å². The van der Waals surface area contributed by atoms with Crippen LogP contribution in [0.1, 0.15) is 62.3 Å². The summed E-state index contributed by atoms with van der Waals surface area (Å²) in [6.07, 6.45) is 5.53. The van der Waals surface area contributed by atoms with Gasteiger partial charge >= 0.3 is 6.09 Å². The van der Waals surface area contributed by atoms with E-state index in [0.717, 1.165) is 56.5 Å². The topological polar surface area (TPSA) is 42.0 Å². The average molecular weight is 447 g/mol. The van der Waals surface area contributed by atoms with E-state index in [4.69, 9.17) is 9.47 Å². The van der Waals surface area contributed by atoms with Crippen molar-refractivity contribution in [3.63, 3.8) is 0 Å². The molecular formula is C28H34N2O3. The van der Waals surface area contributed by atoms with E-state index < -0.39 is 0 Å². The lowest BCUT2D eigenvalue weighted by molar-refractivity contribution is -0.126. The lowest BCUT2D eigenvalue weighted by Gasteiger charge is -2.55. The second kappa shape index (κ2) is 8.05. The molecule has 0 aromatic heterocycles. The number of benzene rings is 2. The summed E-state index contributed by atoms with van der Waals surface area (Å²) in [5.41, 5.74) is 3.51. The highest BCUT2D eigenvalue weighted by molar-refractivity contribution is 5.70. The first-order valence-electron chi connectivity index (χ1n) is 12.6. The number of hydrogen-bond acceptors (Lipinski definition) is 4. The Bertz CT molecular complexity index is 1020. The maximum absolute atomic E-state index is 13.7. The smallest absolute Gasteiger partial charge is 0.410 e.